The van der Waals surface area contributed by atoms with Crippen molar-refractivity contribution in [2.24, 2.45) is 5.92 Å². The average molecular weight is 317 g/mol. The van der Waals surface area contributed by atoms with Crippen molar-refractivity contribution in [3.63, 3.8) is 0 Å². The van der Waals surface area contributed by atoms with Crippen LogP contribution in [0.3, 0.4) is 0 Å². The minimum atomic E-state index is -3.12. The van der Waals surface area contributed by atoms with Gasteiger partial charge >= 0.3 is 0 Å². The molecule has 0 spiro atoms. The summed E-state index contributed by atoms with van der Waals surface area (Å²) < 4.78 is 24.7. The number of hydrogen-bond acceptors (Lipinski definition) is 5. The molecule has 0 radical (unpaired) electrons. The second-order valence-corrected chi connectivity index (χ2v) is 8.23. The maximum atomic E-state index is 12.2. The maximum Gasteiger partial charge on any atom is 0.211 e. The molecule has 7 heteroatoms. The van der Waals surface area contributed by atoms with Gasteiger partial charge in [0.15, 0.2) is 0 Å². The van der Waals surface area contributed by atoms with Crippen LogP contribution in [0.4, 0.5) is 0 Å². The fraction of sp³-hybridized carbons (Fsp3) is 0.929. The van der Waals surface area contributed by atoms with Crippen molar-refractivity contribution in [1.82, 2.24) is 14.5 Å². The van der Waals surface area contributed by atoms with Crippen molar-refractivity contribution in [2.75, 3.05) is 52.1 Å². The first-order valence-corrected chi connectivity index (χ1v) is 9.70. The van der Waals surface area contributed by atoms with E-state index in [-0.39, 0.29) is 11.7 Å². The molecule has 0 aromatic heterocycles. The monoisotopic (exact) mass is 317 g/mol. The van der Waals surface area contributed by atoms with Crippen LogP contribution in [0.15, 0.2) is 0 Å². The van der Waals surface area contributed by atoms with Crippen LogP contribution in [0.25, 0.3) is 0 Å². The Balaban J connectivity index is 1.79. The van der Waals surface area contributed by atoms with E-state index >= 15 is 0 Å². The Bertz CT molecular complexity index is 444. The lowest BCUT2D eigenvalue weighted by atomic mass is 9.94. The largest absolute Gasteiger partial charge is 0.315 e. The Hall–Kier alpha value is -0.500. The highest BCUT2D eigenvalue weighted by Crippen LogP contribution is 2.21. The molecule has 0 aromatic carbocycles. The van der Waals surface area contributed by atoms with Gasteiger partial charge in [0.1, 0.15) is 5.78 Å². The quantitative estimate of drug-likeness (QED) is 0.768. The summed E-state index contributed by atoms with van der Waals surface area (Å²) in [6.07, 6.45) is 4.66. The normalized spacial score (nSPS) is 26.4. The zero-order valence-electron chi connectivity index (χ0n) is 12.9. The molecule has 0 aliphatic carbocycles. The fourth-order valence-electron chi connectivity index (χ4n) is 3.19. The smallest absolute Gasteiger partial charge is 0.211 e. The molecular weight excluding hydrogens is 290 g/mol. The summed E-state index contributed by atoms with van der Waals surface area (Å²) >= 11 is 0. The third kappa shape index (κ3) is 5.65. The Morgan fingerprint density at radius 1 is 1.19 bits per heavy atom. The van der Waals surface area contributed by atoms with Crippen LogP contribution >= 0.6 is 0 Å². The van der Waals surface area contributed by atoms with Gasteiger partial charge < -0.3 is 5.32 Å². The van der Waals surface area contributed by atoms with Gasteiger partial charge in [0.2, 0.25) is 10.0 Å². The lowest BCUT2D eigenvalue weighted by Crippen LogP contribution is -2.41. The number of rotatable bonds is 5. The number of carbonyl (C=O) groups excluding carboxylic acids is 1. The summed E-state index contributed by atoms with van der Waals surface area (Å²) in [5, 5.41) is 3.33. The minimum absolute atomic E-state index is 0.186. The van der Waals surface area contributed by atoms with E-state index in [0.717, 1.165) is 45.4 Å². The molecule has 0 saturated carbocycles. The van der Waals surface area contributed by atoms with Gasteiger partial charge in [-0.3, -0.25) is 9.69 Å². The van der Waals surface area contributed by atoms with E-state index in [1.54, 1.807) is 0 Å². The predicted octanol–water partition coefficient (Wildman–Crippen LogP) is -0.0875. The zero-order valence-corrected chi connectivity index (χ0v) is 13.7. The second-order valence-electron chi connectivity index (χ2n) is 6.25. The molecule has 0 amide bonds. The van der Waals surface area contributed by atoms with Crippen LogP contribution in [0.2, 0.25) is 0 Å². The third-order valence-electron chi connectivity index (χ3n) is 4.30. The van der Waals surface area contributed by atoms with E-state index in [1.807, 2.05) is 0 Å². The first kappa shape index (κ1) is 16.9. The lowest BCUT2D eigenvalue weighted by molar-refractivity contribution is -0.121. The first-order valence-electron chi connectivity index (χ1n) is 7.85. The molecule has 2 fully saturated rings. The molecule has 6 nitrogen and oxygen atoms in total. The Morgan fingerprint density at radius 3 is 2.76 bits per heavy atom. The maximum absolute atomic E-state index is 12.2. The molecule has 2 heterocycles. The van der Waals surface area contributed by atoms with Crippen LogP contribution in [-0.2, 0) is 14.8 Å². The number of hydrogen-bond donors (Lipinski definition) is 1. The van der Waals surface area contributed by atoms with Gasteiger partial charge in [-0.05, 0) is 38.3 Å². The Kier molecular flexibility index (Phi) is 6.16. The molecule has 2 rings (SSSR count). The van der Waals surface area contributed by atoms with Crippen molar-refractivity contribution in [3.05, 3.63) is 0 Å². The van der Waals surface area contributed by atoms with Crippen LogP contribution in [0, 0.1) is 5.92 Å². The van der Waals surface area contributed by atoms with E-state index in [0.29, 0.717) is 26.1 Å². The van der Waals surface area contributed by atoms with Gasteiger partial charge in [-0.25, -0.2) is 12.7 Å². The van der Waals surface area contributed by atoms with E-state index in [4.69, 9.17) is 0 Å². The minimum Gasteiger partial charge on any atom is -0.315 e. The van der Waals surface area contributed by atoms with E-state index in [2.05, 4.69) is 10.2 Å². The molecule has 1 N–H and O–H groups in total. The number of nitrogens with one attached hydrogen (secondary N) is 1. The molecule has 1 unspecified atom stereocenters. The summed E-state index contributed by atoms with van der Waals surface area (Å²) in [6, 6.07) is 0. The lowest BCUT2D eigenvalue weighted by Gasteiger charge is -2.31. The molecule has 2 aliphatic rings. The molecule has 21 heavy (non-hydrogen) atoms. The molecule has 0 aromatic rings. The average Bonchev–Trinajstić information content (AvgIpc) is 2.66. The van der Waals surface area contributed by atoms with Gasteiger partial charge in [0, 0.05) is 32.6 Å². The standard InChI is InChI=1S/C14H27N3O3S/c1-21(19,20)17-8-2-4-13(11-17)10-14(18)12-16-7-3-5-15-6-9-16/h13,15H,2-12H2,1H3. The number of Topliss-reactive ketones (excluding diaryl/α,β-unsaturated/α-hetero) is 1. The van der Waals surface area contributed by atoms with Crippen LogP contribution < -0.4 is 5.32 Å². The zero-order chi connectivity index (χ0) is 15.3. The fourth-order valence-corrected chi connectivity index (χ4v) is 4.13. The summed E-state index contributed by atoms with van der Waals surface area (Å²) in [7, 11) is -3.12. The van der Waals surface area contributed by atoms with Crippen molar-refractivity contribution in [1.29, 1.82) is 0 Å². The number of carbonyl (C=O) groups is 1. The number of ketones is 1. The van der Waals surface area contributed by atoms with Gasteiger partial charge in [-0.2, -0.15) is 0 Å². The van der Waals surface area contributed by atoms with Gasteiger partial charge in [0.25, 0.3) is 0 Å². The number of nitrogens with zero attached hydrogens (tertiary/aromatic N) is 2. The van der Waals surface area contributed by atoms with Crippen LogP contribution in [0.5, 0.6) is 0 Å². The third-order valence-corrected chi connectivity index (χ3v) is 5.57. The Labute approximate surface area is 127 Å². The van der Waals surface area contributed by atoms with Crippen LogP contribution in [-0.4, -0.2) is 75.5 Å². The second kappa shape index (κ2) is 7.67. The predicted molar refractivity (Wildman–Crippen MR) is 82.7 cm³/mol. The highest BCUT2D eigenvalue weighted by Gasteiger charge is 2.27. The molecule has 2 aliphatic heterocycles. The van der Waals surface area contributed by atoms with E-state index in [9.17, 15) is 13.2 Å². The highest BCUT2D eigenvalue weighted by atomic mass is 32.2. The van der Waals surface area contributed by atoms with Crippen molar-refractivity contribution < 1.29 is 13.2 Å². The number of piperidine rings is 1. The molecule has 0 bridgehead atoms. The molecule has 122 valence electrons. The SMILES string of the molecule is CS(=O)(=O)N1CCCC(CC(=O)CN2CCCNCC2)C1. The molecule has 2 saturated heterocycles. The first-order chi connectivity index (χ1) is 9.95. The summed E-state index contributed by atoms with van der Waals surface area (Å²) in [5.41, 5.74) is 0. The van der Waals surface area contributed by atoms with Gasteiger partial charge in [0.05, 0.1) is 12.8 Å². The Morgan fingerprint density at radius 2 is 2.00 bits per heavy atom. The summed E-state index contributed by atoms with van der Waals surface area (Å²) in [5.74, 6) is 0.434. The highest BCUT2D eigenvalue weighted by molar-refractivity contribution is 7.88. The summed E-state index contributed by atoms with van der Waals surface area (Å²) in [6.45, 7) is 5.48. The van der Waals surface area contributed by atoms with Gasteiger partial charge in [-0.1, -0.05) is 0 Å². The number of sulfonamides is 1. The molecule has 1 atom stereocenters. The van der Waals surface area contributed by atoms with Gasteiger partial charge in [-0.15, -0.1) is 0 Å². The topological polar surface area (TPSA) is 69.7 Å². The summed E-state index contributed by atoms with van der Waals surface area (Å²) in [4.78, 5) is 14.4. The van der Waals surface area contributed by atoms with Crippen molar-refractivity contribution in [3.8, 4) is 0 Å². The van der Waals surface area contributed by atoms with E-state index in [1.165, 1.54) is 10.6 Å². The van der Waals surface area contributed by atoms with Crippen LogP contribution in [0.1, 0.15) is 25.7 Å². The molecular formula is C14H27N3O3S. The van der Waals surface area contributed by atoms with Crippen molar-refractivity contribution in [2.45, 2.75) is 25.7 Å². The van der Waals surface area contributed by atoms with E-state index < -0.39 is 10.0 Å². The van der Waals surface area contributed by atoms with Crippen molar-refractivity contribution >= 4 is 15.8 Å².